The summed E-state index contributed by atoms with van der Waals surface area (Å²) in [6.45, 7) is 6.27. The Kier molecular flexibility index (Phi) is 4.62. The third-order valence-corrected chi connectivity index (χ3v) is 2.25. The van der Waals surface area contributed by atoms with Crippen LogP contribution in [0.4, 0.5) is 0 Å². The first-order valence-electron chi connectivity index (χ1n) is 5.27. The molecular weight excluding hydrogens is 180 g/mol. The van der Waals surface area contributed by atoms with Gasteiger partial charge in [0.25, 0.3) is 0 Å². The lowest BCUT2D eigenvalue weighted by Crippen LogP contribution is -1.77. The SMILES string of the molecule is C\C=C/C(C)=C\C=C(/C)c1ccccc1. The van der Waals surface area contributed by atoms with Gasteiger partial charge in [-0.25, -0.2) is 0 Å². The highest BCUT2D eigenvalue weighted by atomic mass is 14.0. The molecule has 0 nitrogen and oxygen atoms in total. The van der Waals surface area contributed by atoms with Gasteiger partial charge in [0.15, 0.2) is 0 Å². The van der Waals surface area contributed by atoms with Gasteiger partial charge in [-0.05, 0) is 31.9 Å². The minimum Gasteiger partial charge on any atom is -0.0874 e. The van der Waals surface area contributed by atoms with Gasteiger partial charge in [0.2, 0.25) is 0 Å². The molecule has 0 atom stereocenters. The largest absolute Gasteiger partial charge is 0.0874 e. The Morgan fingerprint density at radius 2 is 1.67 bits per heavy atom. The fourth-order valence-corrected chi connectivity index (χ4v) is 1.37. The van der Waals surface area contributed by atoms with Gasteiger partial charge in [-0.3, -0.25) is 0 Å². The van der Waals surface area contributed by atoms with Crippen molar-refractivity contribution in [1.29, 1.82) is 0 Å². The minimum absolute atomic E-state index is 1.27. The molecule has 0 saturated heterocycles. The topological polar surface area (TPSA) is 0 Å². The van der Waals surface area contributed by atoms with Gasteiger partial charge < -0.3 is 0 Å². The summed E-state index contributed by atoms with van der Waals surface area (Å²) in [5, 5.41) is 0. The lowest BCUT2D eigenvalue weighted by atomic mass is 10.1. The van der Waals surface area contributed by atoms with E-state index in [1.807, 2.05) is 13.0 Å². The summed E-state index contributed by atoms with van der Waals surface area (Å²) in [6, 6.07) is 10.4. The number of hydrogen-bond acceptors (Lipinski definition) is 0. The van der Waals surface area contributed by atoms with Crippen LogP contribution in [-0.4, -0.2) is 0 Å². The summed E-state index contributed by atoms with van der Waals surface area (Å²) in [4.78, 5) is 0. The Bertz CT molecular complexity index is 378. The number of hydrogen-bond donors (Lipinski definition) is 0. The zero-order valence-corrected chi connectivity index (χ0v) is 9.70. The van der Waals surface area contributed by atoms with Crippen LogP contribution in [-0.2, 0) is 0 Å². The first-order chi connectivity index (χ1) is 7.24. The van der Waals surface area contributed by atoms with Crippen LogP contribution in [0.5, 0.6) is 0 Å². The van der Waals surface area contributed by atoms with E-state index in [0.29, 0.717) is 0 Å². The zero-order valence-electron chi connectivity index (χ0n) is 9.70. The van der Waals surface area contributed by atoms with E-state index in [-0.39, 0.29) is 0 Å². The molecule has 0 bridgehead atoms. The predicted octanol–water partition coefficient (Wildman–Crippen LogP) is 4.61. The smallest absolute Gasteiger partial charge is 0.0227 e. The molecule has 0 heterocycles. The van der Waals surface area contributed by atoms with E-state index in [4.69, 9.17) is 0 Å². The second kappa shape index (κ2) is 6.02. The summed E-state index contributed by atoms with van der Waals surface area (Å²) in [5.74, 6) is 0. The second-order valence-corrected chi connectivity index (χ2v) is 3.63. The average molecular weight is 198 g/mol. The van der Waals surface area contributed by atoms with Gasteiger partial charge >= 0.3 is 0 Å². The van der Waals surface area contributed by atoms with Crippen molar-refractivity contribution in [2.45, 2.75) is 20.8 Å². The lowest BCUT2D eigenvalue weighted by molar-refractivity contribution is 1.49. The van der Waals surface area contributed by atoms with Crippen molar-refractivity contribution in [2.24, 2.45) is 0 Å². The van der Waals surface area contributed by atoms with Crippen LogP contribution in [0.1, 0.15) is 26.3 Å². The molecule has 0 amide bonds. The van der Waals surface area contributed by atoms with E-state index in [1.54, 1.807) is 0 Å². The quantitative estimate of drug-likeness (QED) is 0.622. The summed E-state index contributed by atoms with van der Waals surface area (Å²) >= 11 is 0. The van der Waals surface area contributed by atoms with Crippen molar-refractivity contribution in [2.75, 3.05) is 0 Å². The minimum atomic E-state index is 1.27. The van der Waals surface area contributed by atoms with Crippen molar-refractivity contribution >= 4 is 5.57 Å². The number of allylic oxidation sites excluding steroid dienone is 6. The van der Waals surface area contributed by atoms with E-state index in [9.17, 15) is 0 Å². The normalized spacial score (nSPS) is 13.5. The predicted molar refractivity (Wildman–Crippen MR) is 68.7 cm³/mol. The van der Waals surface area contributed by atoms with Gasteiger partial charge in [0.05, 0.1) is 0 Å². The van der Waals surface area contributed by atoms with Crippen LogP contribution in [0.25, 0.3) is 5.57 Å². The molecule has 0 aliphatic heterocycles. The van der Waals surface area contributed by atoms with E-state index in [0.717, 1.165) is 0 Å². The van der Waals surface area contributed by atoms with Crippen LogP contribution in [0, 0.1) is 0 Å². The van der Waals surface area contributed by atoms with E-state index in [1.165, 1.54) is 16.7 Å². The van der Waals surface area contributed by atoms with Crippen molar-refractivity contribution in [3.8, 4) is 0 Å². The Morgan fingerprint density at radius 1 is 1.00 bits per heavy atom. The fraction of sp³-hybridized carbons (Fsp3) is 0.200. The molecule has 0 spiro atoms. The van der Waals surface area contributed by atoms with E-state index >= 15 is 0 Å². The van der Waals surface area contributed by atoms with Crippen molar-refractivity contribution in [3.05, 3.63) is 65.8 Å². The monoisotopic (exact) mass is 198 g/mol. The van der Waals surface area contributed by atoms with Crippen LogP contribution >= 0.6 is 0 Å². The van der Waals surface area contributed by atoms with Gasteiger partial charge in [0, 0.05) is 0 Å². The Hall–Kier alpha value is -1.56. The molecule has 0 saturated carbocycles. The third-order valence-electron chi connectivity index (χ3n) is 2.25. The number of benzene rings is 1. The molecular formula is C15H18. The molecule has 1 aromatic carbocycles. The average Bonchev–Trinajstić information content (AvgIpc) is 2.27. The highest BCUT2D eigenvalue weighted by Crippen LogP contribution is 2.13. The van der Waals surface area contributed by atoms with E-state index < -0.39 is 0 Å². The molecule has 0 unspecified atom stereocenters. The lowest BCUT2D eigenvalue weighted by Gasteiger charge is -1.99. The molecule has 0 aromatic heterocycles. The molecule has 0 aliphatic carbocycles. The molecule has 0 aliphatic rings. The van der Waals surface area contributed by atoms with Gasteiger partial charge in [-0.15, -0.1) is 0 Å². The number of rotatable bonds is 3. The molecule has 0 N–H and O–H groups in total. The summed E-state index contributed by atoms with van der Waals surface area (Å²) in [7, 11) is 0. The standard InChI is InChI=1S/C15H18/c1-4-8-13(2)11-12-14(3)15-9-6-5-7-10-15/h4-12H,1-3H3/b8-4-,13-11-,14-12+. The highest BCUT2D eigenvalue weighted by Gasteiger charge is 1.91. The van der Waals surface area contributed by atoms with Crippen LogP contribution in [0.15, 0.2) is 60.2 Å². The first kappa shape index (κ1) is 11.5. The van der Waals surface area contributed by atoms with Gasteiger partial charge in [-0.2, -0.15) is 0 Å². The molecule has 0 heteroatoms. The third kappa shape index (κ3) is 3.99. The van der Waals surface area contributed by atoms with Crippen molar-refractivity contribution in [1.82, 2.24) is 0 Å². The van der Waals surface area contributed by atoms with E-state index in [2.05, 4.69) is 62.4 Å². The van der Waals surface area contributed by atoms with Gasteiger partial charge in [-0.1, -0.05) is 60.2 Å². The van der Waals surface area contributed by atoms with Gasteiger partial charge in [0.1, 0.15) is 0 Å². The zero-order chi connectivity index (χ0) is 11.1. The van der Waals surface area contributed by atoms with Crippen LogP contribution in [0.2, 0.25) is 0 Å². The second-order valence-electron chi connectivity index (χ2n) is 3.63. The maximum absolute atomic E-state index is 2.16. The summed E-state index contributed by atoms with van der Waals surface area (Å²) in [5.41, 5.74) is 3.84. The Labute approximate surface area is 92.6 Å². The molecule has 78 valence electrons. The maximum Gasteiger partial charge on any atom is -0.0227 e. The van der Waals surface area contributed by atoms with Crippen LogP contribution < -0.4 is 0 Å². The fourth-order valence-electron chi connectivity index (χ4n) is 1.37. The molecule has 0 radical (unpaired) electrons. The first-order valence-corrected chi connectivity index (χ1v) is 5.27. The Morgan fingerprint density at radius 3 is 2.27 bits per heavy atom. The molecule has 15 heavy (non-hydrogen) atoms. The summed E-state index contributed by atoms with van der Waals surface area (Å²) in [6.07, 6.45) is 8.46. The molecule has 1 aromatic rings. The molecule has 1 rings (SSSR count). The summed E-state index contributed by atoms with van der Waals surface area (Å²) < 4.78 is 0. The molecule has 0 fully saturated rings. The highest BCUT2D eigenvalue weighted by molar-refractivity contribution is 5.65. The van der Waals surface area contributed by atoms with Crippen LogP contribution in [0.3, 0.4) is 0 Å². The Balaban J connectivity index is 2.82. The maximum atomic E-state index is 2.16. The van der Waals surface area contributed by atoms with Crippen molar-refractivity contribution < 1.29 is 0 Å². The van der Waals surface area contributed by atoms with Crippen molar-refractivity contribution in [3.63, 3.8) is 0 Å².